The van der Waals surface area contributed by atoms with Gasteiger partial charge in [0.25, 0.3) is 14.2 Å². The van der Waals surface area contributed by atoms with Crippen LogP contribution in [0.5, 0.6) is 0 Å². The molecule has 188 valence electrons. The summed E-state index contributed by atoms with van der Waals surface area (Å²) in [5, 5.41) is 12.1. The molecule has 2 aliphatic heterocycles. The maximum absolute atomic E-state index is 13.5. The van der Waals surface area contributed by atoms with E-state index in [1.165, 1.54) is 10.4 Å². The van der Waals surface area contributed by atoms with Crippen molar-refractivity contribution in [3.8, 4) is 6.07 Å². The number of nitrogens with zero attached hydrogens (tertiary/aromatic N) is 2. The lowest BCUT2D eigenvalue weighted by molar-refractivity contribution is -0.144. The maximum Gasteiger partial charge on any atom is 0.264 e. The van der Waals surface area contributed by atoms with Crippen molar-refractivity contribution < 1.29 is 9.22 Å². The van der Waals surface area contributed by atoms with Crippen molar-refractivity contribution in [1.82, 2.24) is 4.90 Å². The van der Waals surface area contributed by atoms with Gasteiger partial charge in [0.15, 0.2) is 0 Å². The first-order chi connectivity index (χ1) is 17.3. The van der Waals surface area contributed by atoms with E-state index in [9.17, 15) is 10.1 Å². The highest BCUT2D eigenvalue weighted by atomic mass is 28.4. The Balaban J connectivity index is 1.53. The molecule has 4 nitrogen and oxygen atoms in total. The number of carbonyl (C=O) groups excluding carboxylic acids is 1. The summed E-state index contributed by atoms with van der Waals surface area (Å²) >= 11 is 0. The van der Waals surface area contributed by atoms with Gasteiger partial charge in [-0.15, -0.1) is 0 Å². The zero-order valence-corrected chi connectivity index (χ0v) is 22.9. The Bertz CT molecular complexity index is 1130. The van der Waals surface area contributed by atoms with Gasteiger partial charge in [0, 0.05) is 24.1 Å². The molecule has 2 aromatic carbocycles. The average Bonchev–Trinajstić information content (AvgIpc) is 3.27. The lowest BCUT2D eigenvalue weighted by Crippen LogP contribution is -2.68. The van der Waals surface area contributed by atoms with Gasteiger partial charge in [-0.3, -0.25) is 4.79 Å². The molecule has 0 bridgehead atoms. The van der Waals surface area contributed by atoms with Crippen molar-refractivity contribution in [2.45, 2.75) is 82.3 Å². The van der Waals surface area contributed by atoms with Crippen molar-refractivity contribution in [2.75, 3.05) is 6.61 Å². The zero-order chi connectivity index (χ0) is 25.4. The van der Waals surface area contributed by atoms with Crippen molar-refractivity contribution >= 4 is 24.6 Å². The molecule has 0 unspecified atom stereocenters. The lowest BCUT2D eigenvalue weighted by Gasteiger charge is -2.54. The Kier molecular flexibility index (Phi) is 6.70. The van der Waals surface area contributed by atoms with Crippen LogP contribution in [0.3, 0.4) is 0 Å². The Hall–Kier alpha value is -2.68. The molecule has 3 aliphatic rings. The third-order valence-electron chi connectivity index (χ3n) is 9.00. The molecule has 5 heteroatoms. The van der Waals surface area contributed by atoms with E-state index >= 15 is 0 Å². The first kappa shape index (κ1) is 25.0. The van der Waals surface area contributed by atoms with Gasteiger partial charge < -0.3 is 9.33 Å². The van der Waals surface area contributed by atoms with Gasteiger partial charge in [0.05, 0.1) is 0 Å². The van der Waals surface area contributed by atoms with Crippen LogP contribution in [-0.2, 0) is 9.22 Å². The number of hydrogen-bond acceptors (Lipinski definition) is 3. The highest BCUT2D eigenvalue weighted by molar-refractivity contribution is 6.99. The Morgan fingerprint density at radius 3 is 2.14 bits per heavy atom. The predicted molar refractivity (Wildman–Crippen MR) is 146 cm³/mol. The van der Waals surface area contributed by atoms with E-state index in [1.54, 1.807) is 0 Å². The van der Waals surface area contributed by atoms with Crippen molar-refractivity contribution in [2.24, 2.45) is 5.92 Å². The monoisotopic (exact) mass is 498 g/mol. The van der Waals surface area contributed by atoms with Crippen LogP contribution < -0.4 is 10.4 Å². The lowest BCUT2D eigenvalue weighted by atomic mass is 9.74. The van der Waals surface area contributed by atoms with Gasteiger partial charge in [-0.2, -0.15) is 5.26 Å². The van der Waals surface area contributed by atoms with Gasteiger partial charge in [-0.25, -0.2) is 0 Å². The predicted octanol–water partition coefficient (Wildman–Crippen LogP) is 5.34. The molecule has 0 N–H and O–H groups in total. The van der Waals surface area contributed by atoms with E-state index in [4.69, 9.17) is 4.43 Å². The summed E-state index contributed by atoms with van der Waals surface area (Å²) in [4.78, 5) is 15.7. The van der Waals surface area contributed by atoms with Gasteiger partial charge in [-0.1, -0.05) is 93.9 Å². The first-order valence-electron chi connectivity index (χ1n) is 13.5. The van der Waals surface area contributed by atoms with E-state index in [2.05, 4.69) is 92.4 Å². The fourth-order valence-electron chi connectivity index (χ4n) is 7.41. The Morgan fingerprint density at radius 2 is 1.58 bits per heavy atom. The van der Waals surface area contributed by atoms with Crippen LogP contribution in [-0.4, -0.2) is 37.3 Å². The summed E-state index contributed by atoms with van der Waals surface area (Å²) < 4.78 is 7.37. The second-order valence-corrected chi connectivity index (χ2v) is 16.2. The van der Waals surface area contributed by atoms with Crippen molar-refractivity contribution in [3.63, 3.8) is 0 Å². The van der Waals surface area contributed by atoms with Crippen LogP contribution in [0.25, 0.3) is 0 Å². The third-order valence-corrected chi connectivity index (χ3v) is 14.0. The minimum atomic E-state index is -2.65. The van der Waals surface area contributed by atoms with Crippen LogP contribution in [0.1, 0.15) is 65.7 Å². The number of piperidine rings is 1. The fraction of sp³-hybridized carbons (Fsp3) is 0.484. The highest BCUT2D eigenvalue weighted by Gasteiger charge is 2.56. The molecule has 36 heavy (non-hydrogen) atoms. The Labute approximate surface area is 217 Å². The molecular weight excluding hydrogens is 460 g/mol. The summed E-state index contributed by atoms with van der Waals surface area (Å²) in [7, 11) is -2.65. The number of benzene rings is 2. The van der Waals surface area contributed by atoms with Gasteiger partial charge >= 0.3 is 0 Å². The quantitative estimate of drug-likeness (QED) is 0.523. The third kappa shape index (κ3) is 3.95. The van der Waals surface area contributed by atoms with Gasteiger partial charge in [-0.05, 0) is 53.9 Å². The van der Waals surface area contributed by atoms with Crippen LogP contribution in [0.2, 0.25) is 5.04 Å². The fourth-order valence-corrected chi connectivity index (χ4v) is 12.0. The zero-order valence-electron chi connectivity index (χ0n) is 21.9. The summed E-state index contributed by atoms with van der Waals surface area (Å²) in [5.41, 5.74) is 0.132. The van der Waals surface area contributed by atoms with Crippen LogP contribution in [0, 0.1) is 17.2 Å². The molecule has 2 fully saturated rings. The second-order valence-electron chi connectivity index (χ2n) is 11.9. The summed E-state index contributed by atoms with van der Waals surface area (Å²) in [6, 6.07) is 24.0. The normalized spacial score (nSPS) is 26.4. The largest absolute Gasteiger partial charge is 0.407 e. The highest BCUT2D eigenvalue weighted by Crippen LogP contribution is 2.50. The molecule has 1 aliphatic carbocycles. The van der Waals surface area contributed by atoms with Gasteiger partial charge in [0.2, 0.25) is 0 Å². The summed E-state index contributed by atoms with van der Waals surface area (Å²) in [6.45, 7) is 7.60. The average molecular weight is 499 g/mol. The van der Waals surface area contributed by atoms with E-state index in [1.807, 2.05) is 6.08 Å². The SMILES string of the molecule is CC(C)(C)[Si](OC[C@H]1CCC[C@]12CCC[C@@H]1CC=C(C#N)C(=O)N12)(c1ccccc1)c1ccccc1. The van der Waals surface area contributed by atoms with E-state index in [0.717, 1.165) is 44.9 Å². The minimum absolute atomic E-state index is 0.0502. The number of fused-ring (bicyclic) bond motifs is 2. The molecule has 0 aromatic heterocycles. The van der Waals surface area contributed by atoms with E-state index < -0.39 is 8.32 Å². The Morgan fingerprint density at radius 1 is 1.00 bits per heavy atom. The van der Waals surface area contributed by atoms with Crippen LogP contribution >= 0.6 is 0 Å². The van der Waals surface area contributed by atoms with Crippen LogP contribution in [0.15, 0.2) is 72.3 Å². The number of hydrogen-bond donors (Lipinski definition) is 0. The number of rotatable bonds is 5. The maximum atomic E-state index is 13.5. The molecule has 0 radical (unpaired) electrons. The molecule has 1 saturated heterocycles. The molecule has 2 heterocycles. The molecule has 1 saturated carbocycles. The van der Waals surface area contributed by atoms with Crippen LogP contribution in [0.4, 0.5) is 0 Å². The van der Waals surface area contributed by atoms with E-state index in [0.29, 0.717) is 12.2 Å². The second kappa shape index (κ2) is 9.65. The minimum Gasteiger partial charge on any atom is -0.407 e. The van der Waals surface area contributed by atoms with Crippen molar-refractivity contribution in [3.05, 3.63) is 72.3 Å². The molecule has 1 amide bonds. The van der Waals surface area contributed by atoms with E-state index in [-0.39, 0.29) is 28.4 Å². The number of carbonyl (C=O) groups is 1. The molecule has 3 atom stereocenters. The standard InChI is InChI=1S/C31H38N2O2Si/c1-30(2,3)36(27-14-6-4-7-15-27,28-16-8-5-9-17-28)35-23-25-12-10-20-31(25)21-11-13-26-19-18-24(22-32)29(34)33(26)31/h4-9,14-18,25-26H,10-13,19-21,23H2,1-3H3/t25-,26-,31+/m1/s1. The molecular formula is C31H38N2O2Si. The summed E-state index contributed by atoms with van der Waals surface area (Å²) in [6.07, 6.45) is 9.05. The van der Waals surface area contributed by atoms with Gasteiger partial charge in [0.1, 0.15) is 11.6 Å². The molecule has 1 spiro atoms. The number of nitriles is 1. The first-order valence-corrected chi connectivity index (χ1v) is 15.4. The topological polar surface area (TPSA) is 53.3 Å². The van der Waals surface area contributed by atoms with Crippen molar-refractivity contribution in [1.29, 1.82) is 5.26 Å². The smallest absolute Gasteiger partial charge is 0.264 e. The molecule has 2 aromatic rings. The number of amides is 1. The summed E-state index contributed by atoms with van der Waals surface area (Å²) in [5.74, 6) is 0.231. The molecule has 5 rings (SSSR count).